The van der Waals surface area contributed by atoms with Crippen LogP contribution in [0.3, 0.4) is 0 Å². The largest absolute Gasteiger partial charge is 0.342 e. The minimum Gasteiger partial charge on any atom is -0.342 e. The molecule has 0 aromatic carbocycles. The van der Waals surface area contributed by atoms with Crippen LogP contribution in [0.5, 0.6) is 0 Å². The van der Waals surface area contributed by atoms with Crippen LogP contribution in [0.15, 0.2) is 12.4 Å². The minimum atomic E-state index is 0.251. The second kappa shape index (κ2) is 6.82. The lowest BCUT2D eigenvalue weighted by Crippen LogP contribution is -2.42. The summed E-state index contributed by atoms with van der Waals surface area (Å²) in [7, 11) is 3.89. The number of likely N-dealkylation sites (tertiary alicyclic amines) is 1. The maximum Gasteiger partial charge on any atom is 0.236 e. The van der Waals surface area contributed by atoms with Gasteiger partial charge in [-0.2, -0.15) is 0 Å². The molecule has 0 N–H and O–H groups in total. The second-order valence-corrected chi connectivity index (χ2v) is 7.13. The van der Waals surface area contributed by atoms with E-state index in [0.29, 0.717) is 12.5 Å². The van der Waals surface area contributed by atoms with Crippen LogP contribution >= 0.6 is 0 Å². The maximum atomic E-state index is 12.1. The molecule has 1 aromatic rings. The fourth-order valence-corrected chi connectivity index (χ4v) is 3.55. The van der Waals surface area contributed by atoms with E-state index < -0.39 is 0 Å². The van der Waals surface area contributed by atoms with Crippen LogP contribution in [0.25, 0.3) is 0 Å². The fraction of sp³-hybridized carbons (Fsp3) is 0.765. The van der Waals surface area contributed by atoms with Crippen molar-refractivity contribution in [3.63, 3.8) is 0 Å². The predicted molar refractivity (Wildman–Crippen MR) is 86.7 cm³/mol. The van der Waals surface area contributed by atoms with Crippen molar-refractivity contribution in [1.82, 2.24) is 19.4 Å². The van der Waals surface area contributed by atoms with Crippen LogP contribution in [0, 0.1) is 5.92 Å². The van der Waals surface area contributed by atoms with Gasteiger partial charge in [0.05, 0.1) is 6.54 Å². The van der Waals surface area contributed by atoms with Crippen molar-refractivity contribution in [3.8, 4) is 0 Å². The summed E-state index contributed by atoms with van der Waals surface area (Å²) in [6.07, 6.45) is 10.3. The van der Waals surface area contributed by atoms with Gasteiger partial charge in [0.15, 0.2) is 0 Å². The number of amides is 1. The molecule has 0 radical (unpaired) electrons. The van der Waals surface area contributed by atoms with Gasteiger partial charge in [-0.05, 0) is 45.7 Å². The summed E-state index contributed by atoms with van der Waals surface area (Å²) in [5, 5.41) is 0. The van der Waals surface area contributed by atoms with Crippen molar-refractivity contribution in [2.75, 3.05) is 33.7 Å². The molecule has 5 nitrogen and oxygen atoms in total. The van der Waals surface area contributed by atoms with Gasteiger partial charge in [0.1, 0.15) is 5.82 Å². The second-order valence-electron chi connectivity index (χ2n) is 7.13. The third kappa shape index (κ3) is 3.51. The van der Waals surface area contributed by atoms with Crippen molar-refractivity contribution in [2.24, 2.45) is 5.92 Å². The SMILES string of the molecule is CN(C)CC(=O)N1CCC(c2nccn2CC2CCC2)CC1. The van der Waals surface area contributed by atoms with Gasteiger partial charge in [-0.15, -0.1) is 0 Å². The lowest BCUT2D eigenvalue weighted by molar-refractivity contribution is -0.132. The summed E-state index contributed by atoms with van der Waals surface area (Å²) in [5.74, 6) is 2.86. The summed E-state index contributed by atoms with van der Waals surface area (Å²) in [6, 6.07) is 0. The molecule has 0 atom stereocenters. The quantitative estimate of drug-likeness (QED) is 0.835. The van der Waals surface area contributed by atoms with Crippen molar-refractivity contribution in [3.05, 3.63) is 18.2 Å². The molecule has 122 valence electrons. The first-order chi connectivity index (χ1) is 10.6. The van der Waals surface area contributed by atoms with Crippen molar-refractivity contribution < 1.29 is 4.79 Å². The minimum absolute atomic E-state index is 0.251. The molecule has 1 aliphatic carbocycles. The molecule has 1 aromatic heterocycles. The highest BCUT2D eigenvalue weighted by molar-refractivity contribution is 5.78. The lowest BCUT2D eigenvalue weighted by atomic mass is 9.85. The monoisotopic (exact) mass is 304 g/mol. The Morgan fingerprint density at radius 2 is 2.00 bits per heavy atom. The van der Waals surface area contributed by atoms with E-state index in [2.05, 4.69) is 15.7 Å². The summed E-state index contributed by atoms with van der Waals surface area (Å²) in [6.45, 7) is 3.39. The van der Waals surface area contributed by atoms with Crippen molar-refractivity contribution in [1.29, 1.82) is 0 Å². The van der Waals surface area contributed by atoms with Crippen LogP contribution < -0.4 is 0 Å². The normalized spacial score (nSPS) is 20.4. The number of carbonyl (C=O) groups is 1. The number of nitrogens with zero attached hydrogens (tertiary/aromatic N) is 4. The highest BCUT2D eigenvalue weighted by Gasteiger charge is 2.27. The van der Waals surface area contributed by atoms with E-state index in [1.165, 1.54) is 25.1 Å². The predicted octanol–water partition coefficient (Wildman–Crippen LogP) is 1.95. The number of rotatable bonds is 5. The first-order valence-electron chi connectivity index (χ1n) is 8.57. The zero-order valence-corrected chi connectivity index (χ0v) is 13.9. The maximum absolute atomic E-state index is 12.1. The van der Waals surface area contributed by atoms with E-state index >= 15 is 0 Å². The highest BCUT2D eigenvalue weighted by atomic mass is 16.2. The third-order valence-electron chi connectivity index (χ3n) is 5.09. The van der Waals surface area contributed by atoms with Crippen LogP contribution in [-0.4, -0.2) is 59.0 Å². The summed E-state index contributed by atoms with van der Waals surface area (Å²) in [5.41, 5.74) is 0. The van der Waals surface area contributed by atoms with E-state index in [9.17, 15) is 4.79 Å². The van der Waals surface area contributed by atoms with Crippen molar-refractivity contribution >= 4 is 5.91 Å². The van der Waals surface area contributed by atoms with E-state index in [4.69, 9.17) is 0 Å². The average molecular weight is 304 g/mol. The fourth-order valence-electron chi connectivity index (χ4n) is 3.55. The molecule has 3 rings (SSSR count). The van der Waals surface area contributed by atoms with E-state index in [0.717, 1.165) is 38.4 Å². The van der Waals surface area contributed by atoms with E-state index in [1.54, 1.807) is 0 Å². The summed E-state index contributed by atoms with van der Waals surface area (Å²) < 4.78 is 2.37. The number of aromatic nitrogens is 2. The molecular weight excluding hydrogens is 276 g/mol. The topological polar surface area (TPSA) is 41.4 Å². The molecule has 1 saturated carbocycles. The molecule has 0 bridgehead atoms. The van der Waals surface area contributed by atoms with Gasteiger partial charge in [-0.1, -0.05) is 6.42 Å². The molecule has 2 heterocycles. The molecular formula is C17H28N4O. The van der Waals surface area contributed by atoms with Crippen LogP contribution in [0.2, 0.25) is 0 Å². The zero-order chi connectivity index (χ0) is 15.5. The molecule has 5 heteroatoms. The van der Waals surface area contributed by atoms with Crippen LogP contribution in [-0.2, 0) is 11.3 Å². The number of piperidine rings is 1. The van der Waals surface area contributed by atoms with Gasteiger partial charge in [-0.25, -0.2) is 4.98 Å². The Morgan fingerprint density at radius 1 is 1.27 bits per heavy atom. The van der Waals surface area contributed by atoms with Crippen LogP contribution in [0.1, 0.15) is 43.8 Å². The summed E-state index contributed by atoms with van der Waals surface area (Å²) in [4.78, 5) is 20.7. The van der Waals surface area contributed by atoms with E-state index in [-0.39, 0.29) is 5.91 Å². The molecule has 2 aliphatic rings. The average Bonchev–Trinajstić information content (AvgIpc) is 2.90. The Kier molecular flexibility index (Phi) is 4.81. The van der Waals surface area contributed by atoms with Gasteiger partial charge in [0, 0.05) is 37.9 Å². The molecule has 1 amide bonds. The molecule has 2 fully saturated rings. The van der Waals surface area contributed by atoms with Gasteiger partial charge < -0.3 is 14.4 Å². The number of hydrogen-bond acceptors (Lipinski definition) is 3. The van der Waals surface area contributed by atoms with Crippen molar-refractivity contribution in [2.45, 2.75) is 44.6 Å². The third-order valence-corrected chi connectivity index (χ3v) is 5.09. The van der Waals surface area contributed by atoms with E-state index in [1.807, 2.05) is 30.1 Å². The number of imidazole rings is 1. The molecule has 0 unspecified atom stereocenters. The van der Waals surface area contributed by atoms with Gasteiger partial charge >= 0.3 is 0 Å². The molecule has 1 aliphatic heterocycles. The zero-order valence-electron chi connectivity index (χ0n) is 13.9. The van der Waals surface area contributed by atoms with Gasteiger partial charge in [0.2, 0.25) is 5.91 Å². The number of likely N-dealkylation sites (N-methyl/N-ethyl adjacent to an activating group) is 1. The van der Waals surface area contributed by atoms with Gasteiger partial charge in [-0.3, -0.25) is 4.79 Å². The standard InChI is InChI=1S/C17H28N4O/c1-19(2)13-16(22)20-9-6-15(7-10-20)17-18-8-11-21(17)12-14-4-3-5-14/h8,11,14-15H,3-7,9-10,12-13H2,1-2H3. The number of hydrogen-bond donors (Lipinski definition) is 0. The smallest absolute Gasteiger partial charge is 0.236 e. The summed E-state index contributed by atoms with van der Waals surface area (Å²) >= 11 is 0. The first-order valence-corrected chi connectivity index (χ1v) is 8.57. The Labute approximate surface area is 133 Å². The molecule has 1 saturated heterocycles. The Bertz CT molecular complexity index is 499. The Hall–Kier alpha value is -1.36. The Balaban J connectivity index is 1.55. The number of carbonyl (C=O) groups excluding carboxylic acids is 1. The van der Waals surface area contributed by atoms with Gasteiger partial charge in [0.25, 0.3) is 0 Å². The molecule has 0 spiro atoms. The van der Waals surface area contributed by atoms with Crippen LogP contribution in [0.4, 0.5) is 0 Å². The highest BCUT2D eigenvalue weighted by Crippen LogP contribution is 2.31. The molecule has 22 heavy (non-hydrogen) atoms. The Morgan fingerprint density at radius 3 is 2.59 bits per heavy atom. The first kappa shape index (κ1) is 15.5. The lowest BCUT2D eigenvalue weighted by Gasteiger charge is -2.33.